The number of aliphatic hydroxyl groups excluding tert-OH is 4. The lowest BCUT2D eigenvalue weighted by Crippen LogP contribution is -2.51. The summed E-state index contributed by atoms with van der Waals surface area (Å²) in [6.07, 6.45) is 0.589. The maximum Gasteiger partial charge on any atom is 0.321 e. The van der Waals surface area contributed by atoms with Crippen molar-refractivity contribution in [2.75, 3.05) is 13.2 Å². The molecule has 0 saturated carbocycles. The van der Waals surface area contributed by atoms with E-state index in [-0.39, 0.29) is 25.8 Å². The van der Waals surface area contributed by atoms with Gasteiger partial charge in [-0.1, -0.05) is 84.9 Å². The van der Waals surface area contributed by atoms with Gasteiger partial charge in [-0.15, -0.1) is 0 Å². The molecule has 3 aromatic carbocycles. The zero-order chi connectivity index (χ0) is 27.6. The minimum Gasteiger partial charge on any atom is -0.396 e. The van der Waals surface area contributed by atoms with Crippen LogP contribution in [0, 0.1) is 0 Å². The van der Waals surface area contributed by atoms with Crippen LogP contribution in [0.5, 0.6) is 0 Å². The van der Waals surface area contributed by atoms with Gasteiger partial charge in [0.2, 0.25) is 0 Å². The minimum atomic E-state index is -1.16. The Balaban J connectivity index is 1.72. The topological polar surface area (TPSA) is 104 Å². The first kappa shape index (κ1) is 28.8. The Labute approximate surface area is 231 Å². The second-order valence-electron chi connectivity index (χ2n) is 10.4. The van der Waals surface area contributed by atoms with Crippen LogP contribution in [0.1, 0.15) is 41.5 Å². The first-order valence-electron chi connectivity index (χ1n) is 13.8. The predicted molar refractivity (Wildman–Crippen MR) is 151 cm³/mol. The van der Waals surface area contributed by atoms with Gasteiger partial charge >= 0.3 is 6.03 Å². The molecule has 39 heavy (non-hydrogen) atoms. The third-order valence-corrected chi connectivity index (χ3v) is 7.62. The first-order valence-corrected chi connectivity index (χ1v) is 13.8. The van der Waals surface area contributed by atoms with E-state index in [9.17, 15) is 25.2 Å². The number of unbranched alkanes of at least 4 members (excludes halogenated alkanes) is 2. The lowest BCUT2D eigenvalue weighted by atomic mass is 9.91. The summed E-state index contributed by atoms with van der Waals surface area (Å²) >= 11 is 0. The van der Waals surface area contributed by atoms with Crippen molar-refractivity contribution in [3.05, 3.63) is 107 Å². The third kappa shape index (κ3) is 7.46. The quantitative estimate of drug-likeness (QED) is 0.267. The van der Waals surface area contributed by atoms with Crippen molar-refractivity contribution in [1.82, 2.24) is 9.80 Å². The van der Waals surface area contributed by atoms with Crippen LogP contribution in [-0.4, -0.2) is 73.7 Å². The van der Waals surface area contributed by atoms with E-state index < -0.39 is 24.3 Å². The number of benzene rings is 3. The number of carbonyl (C=O) groups is 1. The Hall–Kier alpha value is -3.23. The fourth-order valence-electron chi connectivity index (χ4n) is 5.41. The van der Waals surface area contributed by atoms with E-state index in [2.05, 4.69) is 0 Å². The van der Waals surface area contributed by atoms with Crippen molar-refractivity contribution in [1.29, 1.82) is 0 Å². The molecule has 4 N–H and O–H groups in total. The van der Waals surface area contributed by atoms with E-state index in [0.717, 1.165) is 28.7 Å². The van der Waals surface area contributed by atoms with Crippen molar-refractivity contribution in [2.24, 2.45) is 0 Å². The Morgan fingerprint density at radius 2 is 1.10 bits per heavy atom. The molecule has 7 nitrogen and oxygen atoms in total. The molecule has 4 rings (SSSR count). The molecule has 1 saturated heterocycles. The normalized spacial score (nSPS) is 21.7. The van der Waals surface area contributed by atoms with Crippen LogP contribution in [0.15, 0.2) is 84.9 Å². The minimum absolute atomic E-state index is 0.0623. The summed E-state index contributed by atoms with van der Waals surface area (Å²) in [5, 5.41) is 42.0. The highest BCUT2D eigenvalue weighted by atomic mass is 16.3. The molecule has 0 spiro atoms. The van der Waals surface area contributed by atoms with Gasteiger partial charge in [0.05, 0.1) is 18.7 Å². The van der Waals surface area contributed by atoms with Gasteiger partial charge in [-0.2, -0.15) is 0 Å². The number of hydrogen-bond donors (Lipinski definition) is 4. The molecule has 1 aliphatic heterocycles. The molecule has 208 valence electrons. The SMILES string of the molecule is O=C1N(CCCCCO)[C@H](Cc2ccccc2)[C@H](O)[C@H](O)[C@@H](Cc2ccccc2)N1Cc1ccc(CO)cc1. The molecular formula is C32H40N2O5. The van der Waals surface area contributed by atoms with Crippen LogP contribution in [0.4, 0.5) is 4.79 Å². The summed E-state index contributed by atoms with van der Waals surface area (Å²) in [5.74, 6) is 0. The van der Waals surface area contributed by atoms with Gasteiger partial charge in [-0.3, -0.25) is 0 Å². The molecule has 4 atom stereocenters. The number of rotatable bonds is 12. The largest absolute Gasteiger partial charge is 0.396 e. The molecular weight excluding hydrogens is 492 g/mol. The summed E-state index contributed by atoms with van der Waals surface area (Å²) in [6, 6.07) is 25.4. The second-order valence-corrected chi connectivity index (χ2v) is 10.4. The van der Waals surface area contributed by atoms with Crippen LogP contribution in [0.3, 0.4) is 0 Å². The van der Waals surface area contributed by atoms with Gasteiger partial charge in [-0.25, -0.2) is 4.79 Å². The predicted octanol–water partition coefficient (Wildman–Crippen LogP) is 3.52. The average molecular weight is 533 g/mol. The van der Waals surface area contributed by atoms with E-state index in [4.69, 9.17) is 0 Å². The van der Waals surface area contributed by atoms with Crippen molar-refractivity contribution >= 4 is 6.03 Å². The number of hydrogen-bond acceptors (Lipinski definition) is 5. The molecule has 0 radical (unpaired) electrons. The first-order chi connectivity index (χ1) is 19.0. The molecule has 0 unspecified atom stereocenters. The van der Waals surface area contributed by atoms with Gasteiger partial charge in [0.1, 0.15) is 12.2 Å². The molecule has 2 amide bonds. The summed E-state index contributed by atoms with van der Waals surface area (Å²) in [6.45, 7) is 0.709. The highest BCUT2D eigenvalue weighted by Gasteiger charge is 2.46. The smallest absolute Gasteiger partial charge is 0.321 e. The molecule has 1 fully saturated rings. The fourth-order valence-corrected chi connectivity index (χ4v) is 5.41. The van der Waals surface area contributed by atoms with Gasteiger partial charge in [-0.05, 0) is 54.4 Å². The van der Waals surface area contributed by atoms with Crippen LogP contribution in [-0.2, 0) is 26.0 Å². The van der Waals surface area contributed by atoms with Gasteiger partial charge < -0.3 is 30.2 Å². The van der Waals surface area contributed by atoms with Gasteiger partial charge in [0.15, 0.2) is 0 Å². The number of carbonyl (C=O) groups excluding carboxylic acids is 1. The maximum atomic E-state index is 14.4. The molecule has 0 bridgehead atoms. The van der Waals surface area contributed by atoms with Crippen LogP contribution < -0.4 is 0 Å². The van der Waals surface area contributed by atoms with E-state index in [1.165, 1.54) is 0 Å². The highest BCUT2D eigenvalue weighted by molar-refractivity contribution is 5.76. The summed E-state index contributed by atoms with van der Waals surface area (Å²) < 4.78 is 0. The molecule has 0 aromatic heterocycles. The van der Waals surface area contributed by atoms with E-state index >= 15 is 0 Å². The van der Waals surface area contributed by atoms with E-state index in [1.54, 1.807) is 9.80 Å². The lowest BCUT2D eigenvalue weighted by molar-refractivity contribution is -0.0402. The van der Waals surface area contributed by atoms with Crippen LogP contribution in [0.25, 0.3) is 0 Å². The van der Waals surface area contributed by atoms with E-state index in [1.807, 2.05) is 84.9 Å². The average Bonchev–Trinajstić information content (AvgIpc) is 3.03. The molecule has 1 heterocycles. The molecule has 0 aliphatic carbocycles. The van der Waals surface area contributed by atoms with Crippen molar-refractivity contribution in [2.45, 2.75) is 69.5 Å². The maximum absolute atomic E-state index is 14.4. The zero-order valence-corrected chi connectivity index (χ0v) is 22.3. The molecule has 3 aromatic rings. The van der Waals surface area contributed by atoms with Crippen molar-refractivity contribution < 1.29 is 25.2 Å². The number of aliphatic hydroxyl groups is 4. The fraction of sp³-hybridized carbons (Fsp3) is 0.406. The number of urea groups is 1. The zero-order valence-electron chi connectivity index (χ0n) is 22.3. The van der Waals surface area contributed by atoms with Crippen molar-refractivity contribution in [3.63, 3.8) is 0 Å². The molecule has 7 heteroatoms. The Morgan fingerprint density at radius 1 is 0.590 bits per heavy atom. The van der Waals surface area contributed by atoms with Crippen LogP contribution >= 0.6 is 0 Å². The third-order valence-electron chi connectivity index (χ3n) is 7.62. The summed E-state index contributed by atoms with van der Waals surface area (Å²) in [5.41, 5.74) is 3.61. The van der Waals surface area contributed by atoms with E-state index in [0.29, 0.717) is 32.2 Å². The lowest BCUT2D eigenvalue weighted by Gasteiger charge is -2.36. The summed E-state index contributed by atoms with van der Waals surface area (Å²) in [4.78, 5) is 17.8. The van der Waals surface area contributed by atoms with Gasteiger partial charge in [0, 0.05) is 19.7 Å². The second kappa shape index (κ2) is 14.2. The number of nitrogens with zero attached hydrogens (tertiary/aromatic N) is 2. The Morgan fingerprint density at radius 3 is 1.62 bits per heavy atom. The highest BCUT2D eigenvalue weighted by Crippen LogP contribution is 2.29. The monoisotopic (exact) mass is 532 g/mol. The Bertz CT molecular complexity index is 1140. The summed E-state index contributed by atoms with van der Waals surface area (Å²) in [7, 11) is 0. The van der Waals surface area contributed by atoms with Gasteiger partial charge in [0.25, 0.3) is 0 Å². The standard InChI is InChI=1S/C32H40N2O5/c35-19-9-3-8-18-33-28(20-24-10-4-1-5-11-24)30(37)31(38)29(21-25-12-6-2-7-13-25)34(32(33)39)22-26-14-16-27(23-36)17-15-26/h1-2,4-7,10-17,28-31,35-38H,3,8-9,18-23H2/t28-,29-,30+,31-/m1/s1. The van der Waals surface area contributed by atoms with Crippen LogP contribution in [0.2, 0.25) is 0 Å². The Kier molecular flexibility index (Phi) is 10.5. The number of amides is 2. The molecule has 1 aliphatic rings. The van der Waals surface area contributed by atoms with Crippen molar-refractivity contribution in [3.8, 4) is 0 Å².